The van der Waals surface area contributed by atoms with Crippen molar-refractivity contribution < 1.29 is 4.79 Å². The molecule has 0 radical (unpaired) electrons. The molecule has 5 nitrogen and oxygen atoms in total. The third-order valence-corrected chi connectivity index (χ3v) is 4.13. The summed E-state index contributed by atoms with van der Waals surface area (Å²) in [4.78, 5) is 24.5. The minimum Gasteiger partial charge on any atom is -0.364 e. The van der Waals surface area contributed by atoms with E-state index in [1.165, 1.54) is 5.56 Å². The Morgan fingerprint density at radius 1 is 1.17 bits per heavy atom. The number of anilines is 1. The van der Waals surface area contributed by atoms with E-state index in [0.29, 0.717) is 11.3 Å². The molecule has 0 atom stereocenters. The molecule has 114 valence electrons. The molecule has 5 heteroatoms. The van der Waals surface area contributed by atoms with Crippen molar-refractivity contribution >= 4 is 11.6 Å². The highest BCUT2D eigenvalue weighted by Gasteiger charge is 2.23. The van der Waals surface area contributed by atoms with Gasteiger partial charge < -0.3 is 10.3 Å². The summed E-state index contributed by atoms with van der Waals surface area (Å²) < 4.78 is 0. The van der Waals surface area contributed by atoms with Crippen molar-refractivity contribution in [1.82, 2.24) is 15.0 Å². The molecule has 1 amide bonds. The zero-order chi connectivity index (χ0) is 15.6. The van der Waals surface area contributed by atoms with Gasteiger partial charge in [-0.05, 0) is 43.0 Å². The molecule has 0 aromatic carbocycles. The summed E-state index contributed by atoms with van der Waals surface area (Å²) in [5.41, 5.74) is 5.44. The molecule has 0 saturated carbocycles. The standard InChI is InChI=1S/C18H16N4O/c23-18(22-13-6-3-8-19-10-13)14-11-21-15-7-1-4-12-5-2-9-20-17(12)16(14)15/h2-3,5-6,8-11,21H,1,4,7H2,(H,22,23). The first kappa shape index (κ1) is 13.7. The molecular formula is C18H16N4O. The molecule has 2 N–H and O–H groups in total. The van der Waals surface area contributed by atoms with Crippen LogP contribution in [-0.2, 0) is 12.8 Å². The highest BCUT2D eigenvalue weighted by atomic mass is 16.1. The number of H-pyrrole nitrogens is 1. The van der Waals surface area contributed by atoms with Gasteiger partial charge in [-0.25, -0.2) is 0 Å². The number of aromatic amines is 1. The number of amides is 1. The Morgan fingerprint density at radius 3 is 2.96 bits per heavy atom. The Labute approximate surface area is 133 Å². The molecule has 1 aliphatic rings. The van der Waals surface area contributed by atoms with Crippen LogP contribution in [0.4, 0.5) is 5.69 Å². The van der Waals surface area contributed by atoms with Crippen molar-refractivity contribution in [1.29, 1.82) is 0 Å². The van der Waals surface area contributed by atoms with Crippen LogP contribution in [0.1, 0.15) is 28.0 Å². The molecule has 0 aliphatic heterocycles. The van der Waals surface area contributed by atoms with Crippen molar-refractivity contribution in [3.8, 4) is 11.3 Å². The van der Waals surface area contributed by atoms with Gasteiger partial charge >= 0.3 is 0 Å². The average Bonchev–Trinajstić information content (AvgIpc) is 2.92. The molecular weight excluding hydrogens is 288 g/mol. The zero-order valence-electron chi connectivity index (χ0n) is 12.5. The fourth-order valence-corrected chi connectivity index (χ4v) is 3.07. The fraction of sp³-hybridized carbons (Fsp3) is 0.167. The minimum atomic E-state index is -0.144. The van der Waals surface area contributed by atoms with Crippen LogP contribution in [0.15, 0.2) is 49.1 Å². The van der Waals surface area contributed by atoms with Gasteiger partial charge in [-0.15, -0.1) is 0 Å². The lowest BCUT2D eigenvalue weighted by Gasteiger charge is -2.08. The normalized spacial score (nSPS) is 12.9. The molecule has 4 rings (SSSR count). The van der Waals surface area contributed by atoms with E-state index in [0.717, 1.165) is 36.2 Å². The molecule has 3 heterocycles. The second-order valence-corrected chi connectivity index (χ2v) is 5.62. The number of hydrogen-bond donors (Lipinski definition) is 2. The monoisotopic (exact) mass is 304 g/mol. The molecule has 3 aromatic rings. The largest absolute Gasteiger partial charge is 0.364 e. The van der Waals surface area contributed by atoms with Crippen LogP contribution in [-0.4, -0.2) is 20.9 Å². The van der Waals surface area contributed by atoms with Gasteiger partial charge in [-0.3, -0.25) is 14.8 Å². The fourth-order valence-electron chi connectivity index (χ4n) is 3.07. The summed E-state index contributed by atoms with van der Waals surface area (Å²) >= 11 is 0. The van der Waals surface area contributed by atoms with Gasteiger partial charge in [0.2, 0.25) is 0 Å². The van der Waals surface area contributed by atoms with E-state index < -0.39 is 0 Å². The molecule has 0 bridgehead atoms. The second-order valence-electron chi connectivity index (χ2n) is 5.62. The van der Waals surface area contributed by atoms with Gasteiger partial charge in [0.1, 0.15) is 0 Å². The number of carbonyl (C=O) groups is 1. The van der Waals surface area contributed by atoms with Gasteiger partial charge in [0.25, 0.3) is 5.91 Å². The first-order valence-corrected chi connectivity index (χ1v) is 7.69. The summed E-state index contributed by atoms with van der Waals surface area (Å²) in [6, 6.07) is 7.66. The topological polar surface area (TPSA) is 70.7 Å². The maximum Gasteiger partial charge on any atom is 0.257 e. The predicted octanol–water partition coefficient (Wildman–Crippen LogP) is 3.21. The van der Waals surface area contributed by atoms with Crippen LogP contribution in [0.3, 0.4) is 0 Å². The highest BCUT2D eigenvalue weighted by Crippen LogP contribution is 2.33. The highest BCUT2D eigenvalue weighted by molar-refractivity contribution is 6.09. The van der Waals surface area contributed by atoms with Crippen LogP contribution in [0.25, 0.3) is 11.3 Å². The van der Waals surface area contributed by atoms with Crippen LogP contribution < -0.4 is 5.32 Å². The number of nitrogens with zero attached hydrogens (tertiary/aromatic N) is 2. The number of carbonyl (C=O) groups excluding carboxylic acids is 1. The van der Waals surface area contributed by atoms with Gasteiger partial charge in [0.15, 0.2) is 0 Å². The summed E-state index contributed by atoms with van der Waals surface area (Å²) in [6.07, 6.45) is 9.83. The Morgan fingerprint density at radius 2 is 2.09 bits per heavy atom. The molecule has 0 saturated heterocycles. The van der Waals surface area contributed by atoms with E-state index in [4.69, 9.17) is 0 Å². The number of nitrogens with one attached hydrogen (secondary N) is 2. The number of aryl methyl sites for hydroxylation is 2. The van der Waals surface area contributed by atoms with Crippen molar-refractivity contribution in [2.24, 2.45) is 0 Å². The van der Waals surface area contributed by atoms with Crippen molar-refractivity contribution in [2.75, 3.05) is 5.32 Å². The third-order valence-electron chi connectivity index (χ3n) is 4.13. The van der Waals surface area contributed by atoms with E-state index in [1.54, 1.807) is 30.9 Å². The molecule has 1 aliphatic carbocycles. The molecule has 0 unspecified atom stereocenters. The van der Waals surface area contributed by atoms with Crippen LogP contribution in [0, 0.1) is 0 Å². The number of rotatable bonds is 2. The lowest BCUT2D eigenvalue weighted by atomic mass is 10.0. The summed E-state index contributed by atoms with van der Waals surface area (Å²) in [7, 11) is 0. The molecule has 3 aromatic heterocycles. The van der Waals surface area contributed by atoms with E-state index >= 15 is 0 Å². The van der Waals surface area contributed by atoms with Crippen LogP contribution in [0.2, 0.25) is 0 Å². The summed E-state index contributed by atoms with van der Waals surface area (Å²) in [5.74, 6) is -0.144. The lowest BCUT2D eigenvalue weighted by Crippen LogP contribution is -2.12. The first-order valence-electron chi connectivity index (χ1n) is 7.69. The van der Waals surface area contributed by atoms with Crippen molar-refractivity contribution in [2.45, 2.75) is 19.3 Å². The van der Waals surface area contributed by atoms with Crippen LogP contribution in [0.5, 0.6) is 0 Å². The second kappa shape index (κ2) is 5.68. The minimum absolute atomic E-state index is 0.144. The summed E-state index contributed by atoms with van der Waals surface area (Å²) in [6.45, 7) is 0. The predicted molar refractivity (Wildman–Crippen MR) is 88.2 cm³/mol. The van der Waals surface area contributed by atoms with Crippen LogP contribution >= 0.6 is 0 Å². The van der Waals surface area contributed by atoms with Gasteiger partial charge in [0, 0.05) is 29.8 Å². The Bertz CT molecular complexity index is 854. The summed E-state index contributed by atoms with van der Waals surface area (Å²) in [5, 5.41) is 2.90. The number of pyridine rings is 2. The zero-order valence-corrected chi connectivity index (χ0v) is 12.5. The lowest BCUT2D eigenvalue weighted by molar-refractivity contribution is 0.102. The van der Waals surface area contributed by atoms with E-state index in [2.05, 4.69) is 26.3 Å². The van der Waals surface area contributed by atoms with Gasteiger partial charge in [0.05, 0.1) is 23.1 Å². The maximum absolute atomic E-state index is 12.7. The Balaban J connectivity index is 1.76. The Hall–Kier alpha value is -2.95. The van der Waals surface area contributed by atoms with E-state index in [9.17, 15) is 4.79 Å². The maximum atomic E-state index is 12.7. The average molecular weight is 304 g/mol. The number of hydrogen-bond acceptors (Lipinski definition) is 3. The molecule has 0 spiro atoms. The smallest absolute Gasteiger partial charge is 0.257 e. The third kappa shape index (κ3) is 2.50. The van der Waals surface area contributed by atoms with E-state index in [-0.39, 0.29) is 5.91 Å². The molecule has 23 heavy (non-hydrogen) atoms. The van der Waals surface area contributed by atoms with Crippen molar-refractivity contribution in [3.63, 3.8) is 0 Å². The number of aromatic nitrogens is 3. The first-order chi connectivity index (χ1) is 11.3. The van der Waals surface area contributed by atoms with Gasteiger partial charge in [-0.2, -0.15) is 0 Å². The van der Waals surface area contributed by atoms with E-state index in [1.807, 2.05) is 12.1 Å². The number of fused-ring (bicyclic) bond motifs is 3. The Kier molecular flexibility index (Phi) is 3.38. The molecule has 0 fully saturated rings. The van der Waals surface area contributed by atoms with Crippen molar-refractivity contribution in [3.05, 3.63) is 65.9 Å². The van der Waals surface area contributed by atoms with Gasteiger partial charge in [-0.1, -0.05) is 6.07 Å². The SMILES string of the molecule is O=C(Nc1cccnc1)c1c[nH]c2c1-c1ncccc1CCC2. The quantitative estimate of drug-likeness (QED) is 0.763.